The van der Waals surface area contributed by atoms with Gasteiger partial charge in [0.15, 0.2) is 0 Å². The first-order valence-corrected chi connectivity index (χ1v) is 4.34. The van der Waals surface area contributed by atoms with Crippen molar-refractivity contribution in [1.82, 2.24) is 5.32 Å². The molecule has 0 heterocycles. The van der Waals surface area contributed by atoms with Crippen LogP contribution in [0.1, 0.15) is 26.7 Å². The fraction of sp³-hybridized carbons (Fsp3) is 0.500. The largest absolute Gasteiger partial charge is 0.350 e. The summed E-state index contributed by atoms with van der Waals surface area (Å²) in [6, 6.07) is 0.152. The van der Waals surface area contributed by atoms with Crippen LogP contribution >= 0.6 is 0 Å². The van der Waals surface area contributed by atoms with Crippen molar-refractivity contribution in [2.45, 2.75) is 32.7 Å². The fourth-order valence-corrected chi connectivity index (χ4v) is 1.34. The van der Waals surface area contributed by atoms with Crippen LogP contribution in [0.4, 0.5) is 0 Å². The molecule has 0 fully saturated rings. The Labute approximate surface area is 73.4 Å². The van der Waals surface area contributed by atoms with Crippen LogP contribution in [0.25, 0.3) is 0 Å². The van der Waals surface area contributed by atoms with Crippen LogP contribution in [0.15, 0.2) is 23.8 Å². The highest BCUT2D eigenvalue weighted by atomic mass is 16.1. The third-order valence-electron chi connectivity index (χ3n) is 1.94. The summed E-state index contributed by atoms with van der Waals surface area (Å²) in [5.74, 6) is 0.0300. The standard InChI is InChI=1S/C10H15NO/c1-8(11-9(2)12)10-6-4-3-5-7-10/h4,6-8H,3,5H2,1-2H3,(H,11,12). The molecule has 1 amide bonds. The highest BCUT2D eigenvalue weighted by Gasteiger charge is 2.07. The summed E-state index contributed by atoms with van der Waals surface area (Å²) in [5, 5.41) is 2.85. The van der Waals surface area contributed by atoms with Crippen molar-refractivity contribution in [3.63, 3.8) is 0 Å². The summed E-state index contributed by atoms with van der Waals surface area (Å²) in [6.07, 6.45) is 8.63. The third kappa shape index (κ3) is 2.53. The van der Waals surface area contributed by atoms with Gasteiger partial charge in [-0.15, -0.1) is 0 Å². The summed E-state index contributed by atoms with van der Waals surface area (Å²) in [6.45, 7) is 3.55. The number of hydrogen-bond acceptors (Lipinski definition) is 1. The van der Waals surface area contributed by atoms with Gasteiger partial charge in [0.05, 0.1) is 6.04 Å². The Morgan fingerprint density at radius 2 is 2.33 bits per heavy atom. The number of carbonyl (C=O) groups excluding carboxylic acids is 1. The van der Waals surface area contributed by atoms with Crippen molar-refractivity contribution in [2.75, 3.05) is 0 Å². The Morgan fingerprint density at radius 3 is 2.83 bits per heavy atom. The number of amides is 1. The van der Waals surface area contributed by atoms with E-state index in [9.17, 15) is 4.79 Å². The van der Waals surface area contributed by atoms with E-state index >= 15 is 0 Å². The van der Waals surface area contributed by atoms with E-state index in [0.717, 1.165) is 12.8 Å². The lowest BCUT2D eigenvalue weighted by Crippen LogP contribution is -2.31. The summed E-state index contributed by atoms with van der Waals surface area (Å²) in [5.41, 5.74) is 1.22. The van der Waals surface area contributed by atoms with E-state index in [4.69, 9.17) is 0 Å². The average Bonchev–Trinajstić information content (AvgIpc) is 2.05. The average molecular weight is 165 g/mol. The second kappa shape index (κ2) is 4.10. The minimum Gasteiger partial charge on any atom is -0.350 e. The predicted octanol–water partition coefficient (Wildman–Crippen LogP) is 1.79. The maximum atomic E-state index is 10.7. The molecule has 2 heteroatoms. The van der Waals surface area contributed by atoms with Gasteiger partial charge >= 0.3 is 0 Å². The fourth-order valence-electron chi connectivity index (χ4n) is 1.34. The first-order chi connectivity index (χ1) is 5.70. The molecule has 1 rings (SSSR count). The van der Waals surface area contributed by atoms with E-state index in [0.29, 0.717) is 0 Å². The zero-order chi connectivity index (χ0) is 8.97. The lowest BCUT2D eigenvalue weighted by molar-refractivity contribution is -0.119. The van der Waals surface area contributed by atoms with Gasteiger partial charge in [0, 0.05) is 6.92 Å². The van der Waals surface area contributed by atoms with Gasteiger partial charge in [-0.3, -0.25) is 4.79 Å². The maximum absolute atomic E-state index is 10.7. The molecule has 12 heavy (non-hydrogen) atoms. The van der Waals surface area contributed by atoms with Gasteiger partial charge in [-0.25, -0.2) is 0 Å². The van der Waals surface area contributed by atoms with Gasteiger partial charge in [-0.1, -0.05) is 18.2 Å². The van der Waals surface area contributed by atoms with Gasteiger partial charge in [0.25, 0.3) is 0 Å². The molecule has 0 saturated heterocycles. The van der Waals surface area contributed by atoms with Crippen molar-refractivity contribution in [3.05, 3.63) is 23.8 Å². The quantitative estimate of drug-likeness (QED) is 0.664. The Balaban J connectivity index is 2.51. The highest BCUT2D eigenvalue weighted by Crippen LogP contribution is 2.12. The Bertz CT molecular complexity index is 228. The van der Waals surface area contributed by atoms with E-state index in [2.05, 4.69) is 23.5 Å². The van der Waals surface area contributed by atoms with Gasteiger partial charge in [0.1, 0.15) is 0 Å². The molecule has 0 bridgehead atoms. The van der Waals surface area contributed by atoms with Crippen molar-refractivity contribution in [3.8, 4) is 0 Å². The van der Waals surface area contributed by atoms with Crippen molar-refractivity contribution in [2.24, 2.45) is 0 Å². The zero-order valence-electron chi connectivity index (χ0n) is 7.63. The lowest BCUT2D eigenvalue weighted by Gasteiger charge is -2.15. The van der Waals surface area contributed by atoms with Gasteiger partial charge in [0.2, 0.25) is 5.91 Å². The zero-order valence-corrected chi connectivity index (χ0v) is 7.63. The Morgan fingerprint density at radius 1 is 1.58 bits per heavy atom. The number of allylic oxidation sites excluding steroid dienone is 2. The molecule has 0 aliphatic heterocycles. The monoisotopic (exact) mass is 165 g/mol. The van der Waals surface area contributed by atoms with Gasteiger partial charge < -0.3 is 5.32 Å². The van der Waals surface area contributed by atoms with E-state index in [1.165, 1.54) is 5.57 Å². The van der Waals surface area contributed by atoms with Crippen LogP contribution in [-0.2, 0) is 4.79 Å². The van der Waals surface area contributed by atoms with E-state index in [-0.39, 0.29) is 11.9 Å². The molecule has 0 spiro atoms. The number of nitrogens with one attached hydrogen (secondary N) is 1. The first kappa shape index (κ1) is 9.04. The van der Waals surface area contributed by atoms with Crippen LogP contribution in [0.5, 0.6) is 0 Å². The molecule has 0 aromatic rings. The SMILES string of the molecule is CC(=O)NC(C)C1=CCCC=C1. The molecule has 1 aliphatic rings. The smallest absolute Gasteiger partial charge is 0.217 e. The second-order valence-electron chi connectivity index (χ2n) is 3.11. The molecule has 0 aromatic carbocycles. The minimum absolute atomic E-state index is 0.0300. The summed E-state index contributed by atoms with van der Waals surface area (Å²) in [4.78, 5) is 10.7. The van der Waals surface area contributed by atoms with E-state index < -0.39 is 0 Å². The topological polar surface area (TPSA) is 29.1 Å². The molecular weight excluding hydrogens is 150 g/mol. The Hall–Kier alpha value is -1.05. The lowest BCUT2D eigenvalue weighted by atomic mass is 10.0. The molecule has 1 aliphatic carbocycles. The molecule has 0 saturated carbocycles. The predicted molar refractivity (Wildman–Crippen MR) is 49.7 cm³/mol. The minimum atomic E-state index is 0.0300. The van der Waals surface area contributed by atoms with Crippen LogP contribution in [0.3, 0.4) is 0 Å². The van der Waals surface area contributed by atoms with E-state index in [1.807, 2.05) is 6.92 Å². The molecular formula is C10H15NO. The molecule has 1 unspecified atom stereocenters. The van der Waals surface area contributed by atoms with Crippen molar-refractivity contribution in [1.29, 1.82) is 0 Å². The third-order valence-corrected chi connectivity index (χ3v) is 1.94. The van der Waals surface area contributed by atoms with Crippen LogP contribution in [0, 0.1) is 0 Å². The maximum Gasteiger partial charge on any atom is 0.217 e. The Kier molecular flexibility index (Phi) is 3.09. The normalized spacial score (nSPS) is 18.3. The molecule has 0 aromatic heterocycles. The van der Waals surface area contributed by atoms with Crippen molar-refractivity contribution < 1.29 is 4.79 Å². The number of hydrogen-bond donors (Lipinski definition) is 1. The second-order valence-corrected chi connectivity index (χ2v) is 3.11. The number of carbonyl (C=O) groups is 1. The molecule has 1 atom stereocenters. The molecule has 2 nitrogen and oxygen atoms in total. The first-order valence-electron chi connectivity index (χ1n) is 4.34. The van der Waals surface area contributed by atoms with Gasteiger partial charge in [-0.05, 0) is 25.3 Å². The van der Waals surface area contributed by atoms with Crippen molar-refractivity contribution >= 4 is 5.91 Å². The van der Waals surface area contributed by atoms with Crippen LogP contribution in [0.2, 0.25) is 0 Å². The van der Waals surface area contributed by atoms with Crippen LogP contribution < -0.4 is 5.32 Å². The summed E-state index contributed by atoms with van der Waals surface area (Å²) < 4.78 is 0. The number of rotatable bonds is 2. The molecule has 1 N–H and O–H groups in total. The van der Waals surface area contributed by atoms with Gasteiger partial charge in [-0.2, -0.15) is 0 Å². The molecule has 0 radical (unpaired) electrons. The molecule has 66 valence electrons. The van der Waals surface area contributed by atoms with Crippen LogP contribution in [-0.4, -0.2) is 11.9 Å². The summed E-state index contributed by atoms with van der Waals surface area (Å²) >= 11 is 0. The highest BCUT2D eigenvalue weighted by molar-refractivity contribution is 5.73. The van der Waals surface area contributed by atoms with E-state index in [1.54, 1.807) is 6.92 Å². The summed E-state index contributed by atoms with van der Waals surface area (Å²) in [7, 11) is 0.